The Kier molecular flexibility index (Phi) is 4.62. The molecule has 2 aromatic rings. The van der Waals surface area contributed by atoms with E-state index in [9.17, 15) is 4.79 Å². The van der Waals surface area contributed by atoms with Gasteiger partial charge < -0.3 is 14.5 Å². The summed E-state index contributed by atoms with van der Waals surface area (Å²) >= 11 is 0. The van der Waals surface area contributed by atoms with E-state index in [1.165, 1.54) is 5.56 Å². The predicted octanol–water partition coefficient (Wildman–Crippen LogP) is 4.26. The van der Waals surface area contributed by atoms with Gasteiger partial charge in [-0.05, 0) is 51.5 Å². The van der Waals surface area contributed by atoms with E-state index in [1.54, 1.807) is 4.90 Å². The van der Waals surface area contributed by atoms with Gasteiger partial charge in [0.05, 0.1) is 6.54 Å². The van der Waals surface area contributed by atoms with E-state index in [4.69, 9.17) is 9.15 Å². The van der Waals surface area contributed by atoms with Crippen LogP contribution in [0.2, 0.25) is 0 Å². The second kappa shape index (κ2) is 6.69. The Labute approximate surface area is 142 Å². The van der Waals surface area contributed by atoms with Gasteiger partial charge >= 0.3 is 6.09 Å². The lowest BCUT2D eigenvalue weighted by molar-refractivity contribution is 0.181. The van der Waals surface area contributed by atoms with Gasteiger partial charge in [-0.1, -0.05) is 12.1 Å². The molecule has 0 unspecified atom stereocenters. The summed E-state index contributed by atoms with van der Waals surface area (Å²) in [7, 11) is 0. The number of nitrogens with zero attached hydrogens (tertiary/aromatic N) is 1. The Bertz CT molecular complexity index is 738. The molecular weight excluding hydrogens is 304 g/mol. The first kappa shape index (κ1) is 16.6. The molecule has 1 aliphatic heterocycles. The van der Waals surface area contributed by atoms with Crippen LogP contribution in [0.15, 0.2) is 34.7 Å². The molecule has 2 heterocycles. The maximum Gasteiger partial charge on any atom is 0.414 e. The van der Waals surface area contributed by atoms with Crippen molar-refractivity contribution in [1.29, 1.82) is 0 Å². The number of amides is 1. The van der Waals surface area contributed by atoms with Gasteiger partial charge in [-0.25, -0.2) is 4.79 Å². The van der Waals surface area contributed by atoms with Gasteiger partial charge in [0.25, 0.3) is 0 Å². The molecule has 1 aromatic heterocycles. The Hall–Kier alpha value is -2.27. The fraction of sp³-hybridized carbons (Fsp3) is 0.421. The monoisotopic (exact) mass is 328 g/mol. The van der Waals surface area contributed by atoms with Crippen LogP contribution in [0.5, 0.6) is 0 Å². The first-order valence-electron chi connectivity index (χ1n) is 8.33. The smallest absolute Gasteiger partial charge is 0.414 e. The molecule has 5 heteroatoms. The van der Waals surface area contributed by atoms with E-state index in [1.807, 2.05) is 32.0 Å². The zero-order valence-electron chi connectivity index (χ0n) is 14.6. The lowest BCUT2D eigenvalue weighted by atomic mass is 10.0. The topological polar surface area (TPSA) is 54.7 Å². The molecule has 3 rings (SSSR count). The zero-order chi connectivity index (χ0) is 17.3. The van der Waals surface area contributed by atoms with Crippen molar-refractivity contribution in [2.75, 3.05) is 18.1 Å². The Balaban J connectivity index is 1.74. The van der Waals surface area contributed by atoms with Crippen LogP contribution in [0.25, 0.3) is 0 Å². The molecule has 1 aliphatic rings. The number of benzene rings is 1. The zero-order valence-corrected chi connectivity index (χ0v) is 14.6. The van der Waals surface area contributed by atoms with Crippen molar-refractivity contribution >= 4 is 11.8 Å². The van der Waals surface area contributed by atoms with E-state index in [0.717, 1.165) is 22.8 Å². The van der Waals surface area contributed by atoms with E-state index in [-0.39, 0.29) is 18.2 Å². The number of hydrogen-bond acceptors (Lipinski definition) is 4. The molecule has 5 nitrogen and oxygen atoms in total. The Morgan fingerprint density at radius 3 is 2.58 bits per heavy atom. The highest BCUT2D eigenvalue weighted by Crippen LogP contribution is 2.27. The van der Waals surface area contributed by atoms with Gasteiger partial charge in [-0.2, -0.15) is 0 Å². The number of cyclic esters (lactones) is 1. The molecule has 1 fully saturated rings. The number of anilines is 1. The quantitative estimate of drug-likeness (QED) is 0.891. The summed E-state index contributed by atoms with van der Waals surface area (Å²) in [6, 6.07) is 10.4. The summed E-state index contributed by atoms with van der Waals surface area (Å²) in [6.45, 7) is 9.27. The lowest BCUT2D eigenvalue weighted by Crippen LogP contribution is -2.25. The van der Waals surface area contributed by atoms with Crippen LogP contribution >= 0.6 is 0 Å². The maximum absolute atomic E-state index is 11.7. The summed E-state index contributed by atoms with van der Waals surface area (Å²) in [6.07, 6.45) is -0.273. The SMILES string of the molecule is Cc1cc([C@H](C)N[C@H](C)c2cccc(N3CCOC3=O)c2)c(C)o1. The van der Waals surface area contributed by atoms with Crippen LogP contribution in [-0.4, -0.2) is 19.2 Å². The molecular formula is C19H24N2O3. The van der Waals surface area contributed by atoms with Crippen LogP contribution in [0.4, 0.5) is 10.5 Å². The molecule has 1 aromatic carbocycles. The van der Waals surface area contributed by atoms with Crippen molar-refractivity contribution in [2.24, 2.45) is 0 Å². The van der Waals surface area contributed by atoms with Gasteiger partial charge in [-0.15, -0.1) is 0 Å². The molecule has 0 aliphatic carbocycles. The van der Waals surface area contributed by atoms with Crippen LogP contribution in [0.3, 0.4) is 0 Å². The Morgan fingerprint density at radius 2 is 1.96 bits per heavy atom. The second-order valence-electron chi connectivity index (χ2n) is 6.34. The first-order valence-corrected chi connectivity index (χ1v) is 8.33. The number of carbonyl (C=O) groups is 1. The molecule has 0 bridgehead atoms. The molecule has 0 spiro atoms. The first-order chi connectivity index (χ1) is 11.5. The highest BCUT2D eigenvalue weighted by atomic mass is 16.6. The van der Waals surface area contributed by atoms with Crippen LogP contribution < -0.4 is 10.2 Å². The summed E-state index contributed by atoms with van der Waals surface area (Å²) in [5.41, 5.74) is 3.20. The average molecular weight is 328 g/mol. The largest absolute Gasteiger partial charge is 0.466 e. The number of furan rings is 1. The average Bonchev–Trinajstić information content (AvgIpc) is 3.12. The summed E-state index contributed by atoms with van der Waals surface area (Å²) < 4.78 is 10.6. The lowest BCUT2D eigenvalue weighted by Gasteiger charge is -2.22. The van der Waals surface area contributed by atoms with Crippen LogP contribution in [0.1, 0.15) is 48.6 Å². The minimum absolute atomic E-state index is 0.146. The van der Waals surface area contributed by atoms with Gasteiger partial charge in [0.2, 0.25) is 0 Å². The van der Waals surface area contributed by atoms with E-state index >= 15 is 0 Å². The van der Waals surface area contributed by atoms with E-state index in [2.05, 4.69) is 31.3 Å². The van der Waals surface area contributed by atoms with Crippen molar-refractivity contribution in [3.63, 3.8) is 0 Å². The van der Waals surface area contributed by atoms with Crippen LogP contribution in [-0.2, 0) is 4.74 Å². The fourth-order valence-corrected chi connectivity index (χ4v) is 3.23. The second-order valence-corrected chi connectivity index (χ2v) is 6.34. The summed E-state index contributed by atoms with van der Waals surface area (Å²) in [4.78, 5) is 13.4. The number of rotatable bonds is 5. The van der Waals surface area contributed by atoms with Crippen molar-refractivity contribution in [2.45, 2.75) is 39.8 Å². The molecule has 24 heavy (non-hydrogen) atoms. The van der Waals surface area contributed by atoms with Crippen molar-refractivity contribution in [3.8, 4) is 0 Å². The molecule has 1 amide bonds. The molecule has 1 saturated heterocycles. The minimum atomic E-state index is -0.273. The normalized spacial score (nSPS) is 17.0. The predicted molar refractivity (Wildman–Crippen MR) is 93.3 cm³/mol. The van der Waals surface area contributed by atoms with E-state index in [0.29, 0.717) is 13.2 Å². The third kappa shape index (κ3) is 3.31. The third-order valence-corrected chi connectivity index (χ3v) is 4.49. The number of ether oxygens (including phenoxy) is 1. The van der Waals surface area contributed by atoms with Gasteiger partial charge in [0.1, 0.15) is 18.1 Å². The van der Waals surface area contributed by atoms with Crippen molar-refractivity contribution in [3.05, 3.63) is 53.0 Å². The van der Waals surface area contributed by atoms with Gasteiger partial charge in [0, 0.05) is 23.3 Å². The number of nitrogens with one attached hydrogen (secondary N) is 1. The number of aryl methyl sites for hydroxylation is 2. The van der Waals surface area contributed by atoms with Gasteiger partial charge in [0.15, 0.2) is 0 Å². The molecule has 0 radical (unpaired) electrons. The maximum atomic E-state index is 11.7. The molecule has 128 valence electrons. The number of hydrogen-bond donors (Lipinski definition) is 1. The number of carbonyl (C=O) groups excluding carboxylic acids is 1. The molecule has 2 atom stereocenters. The van der Waals surface area contributed by atoms with E-state index < -0.39 is 0 Å². The van der Waals surface area contributed by atoms with Crippen molar-refractivity contribution < 1.29 is 13.9 Å². The van der Waals surface area contributed by atoms with Crippen molar-refractivity contribution in [1.82, 2.24) is 5.32 Å². The standard InChI is InChI=1S/C19H24N2O3/c1-12-10-18(15(4)24-12)14(3)20-13(2)16-6-5-7-17(11-16)21-8-9-23-19(21)22/h5-7,10-11,13-14,20H,8-9H2,1-4H3/t13-,14+/m1/s1. The van der Waals surface area contributed by atoms with Gasteiger partial charge in [-0.3, -0.25) is 4.90 Å². The summed E-state index contributed by atoms with van der Waals surface area (Å²) in [5, 5.41) is 3.60. The fourth-order valence-electron chi connectivity index (χ4n) is 3.23. The third-order valence-electron chi connectivity index (χ3n) is 4.49. The Morgan fingerprint density at radius 1 is 1.17 bits per heavy atom. The minimum Gasteiger partial charge on any atom is -0.466 e. The molecule has 0 saturated carbocycles. The molecule has 1 N–H and O–H groups in total. The van der Waals surface area contributed by atoms with Crippen LogP contribution in [0, 0.1) is 13.8 Å². The highest BCUT2D eigenvalue weighted by molar-refractivity contribution is 5.89. The highest BCUT2D eigenvalue weighted by Gasteiger charge is 2.24. The summed E-state index contributed by atoms with van der Waals surface area (Å²) in [5.74, 6) is 1.88.